The molecule has 250 valence electrons. The highest BCUT2D eigenvalue weighted by Crippen LogP contribution is 2.39. The number of carbonyl (C=O) groups is 1. The number of nitrogens with zero attached hydrogens (tertiary/aromatic N) is 5. The number of fused-ring (bicyclic) bond motifs is 1. The Hall–Kier alpha value is -4.82. The molecule has 3 aromatic heterocycles. The molecule has 2 N–H and O–H groups in total. The summed E-state index contributed by atoms with van der Waals surface area (Å²) in [6, 6.07) is 14.5. The van der Waals surface area contributed by atoms with Crippen molar-refractivity contribution < 1.29 is 22.7 Å². The van der Waals surface area contributed by atoms with Crippen molar-refractivity contribution in [3.63, 3.8) is 0 Å². The number of hydrogen-bond acceptors (Lipinski definition) is 11. The minimum Gasteiger partial charge on any atom is -0.444 e. The molecule has 4 heterocycles. The van der Waals surface area contributed by atoms with Crippen molar-refractivity contribution in [2.45, 2.75) is 63.3 Å². The van der Waals surface area contributed by atoms with Gasteiger partial charge in [0.1, 0.15) is 11.4 Å². The Balaban J connectivity index is 1.25. The second-order valence-electron chi connectivity index (χ2n) is 12.5. The molecule has 14 heteroatoms. The minimum absolute atomic E-state index is 0.0452. The largest absolute Gasteiger partial charge is 0.444 e. The minimum atomic E-state index is -3.83. The summed E-state index contributed by atoms with van der Waals surface area (Å²) in [5, 5.41) is 5.43. The standard InChI is InChI=1S/C34H37N7O5S2/c1-21-13-14-24-25(10-6-12-28(24)40-48(43,44)29-19-37-22(2)47-29)30(21)45-31-26(11-7-16-35-31)27-15-17-36-32(39-27)38-23-9-8-18-41(20-23)33(42)46-34(3,4)5/h6-7,10-17,19,23,40H,8-9,18,20H2,1-5H3,(H,36,38,39)/t23-/m0/s1. The molecular weight excluding hydrogens is 651 g/mol. The maximum atomic E-state index is 13.1. The molecule has 1 saturated heterocycles. The molecule has 1 fully saturated rings. The fourth-order valence-corrected chi connectivity index (χ4v) is 7.62. The van der Waals surface area contributed by atoms with E-state index in [1.807, 2.05) is 52.0 Å². The lowest BCUT2D eigenvalue weighted by Crippen LogP contribution is -2.47. The number of likely N-dealkylation sites (tertiary alicyclic amines) is 1. The molecule has 48 heavy (non-hydrogen) atoms. The van der Waals surface area contributed by atoms with Gasteiger partial charge in [0, 0.05) is 42.3 Å². The van der Waals surface area contributed by atoms with E-state index in [4.69, 9.17) is 14.5 Å². The van der Waals surface area contributed by atoms with E-state index in [-0.39, 0.29) is 16.3 Å². The summed E-state index contributed by atoms with van der Waals surface area (Å²) in [4.78, 5) is 32.2. The first kappa shape index (κ1) is 33.1. The van der Waals surface area contributed by atoms with Crippen LogP contribution in [0.15, 0.2) is 71.3 Å². The second-order valence-corrected chi connectivity index (χ2v) is 15.7. The molecule has 6 rings (SSSR count). The van der Waals surface area contributed by atoms with Crippen molar-refractivity contribution in [2.75, 3.05) is 23.1 Å². The number of thiazole rings is 1. The second kappa shape index (κ2) is 13.4. The molecule has 5 aromatic rings. The molecule has 0 bridgehead atoms. The van der Waals surface area contributed by atoms with Crippen LogP contribution < -0.4 is 14.8 Å². The highest BCUT2D eigenvalue weighted by Gasteiger charge is 2.28. The van der Waals surface area contributed by atoms with Gasteiger partial charge in [-0.3, -0.25) is 4.72 Å². The number of amides is 1. The van der Waals surface area contributed by atoms with Gasteiger partial charge >= 0.3 is 6.09 Å². The first-order valence-corrected chi connectivity index (χ1v) is 17.8. The Kier molecular flexibility index (Phi) is 9.21. The molecule has 0 unspecified atom stereocenters. The predicted octanol–water partition coefficient (Wildman–Crippen LogP) is 7.17. The number of nitrogens with one attached hydrogen (secondary N) is 2. The van der Waals surface area contributed by atoms with Crippen molar-refractivity contribution in [2.24, 2.45) is 0 Å². The fraction of sp³-hybridized carbons (Fsp3) is 0.324. The van der Waals surface area contributed by atoms with E-state index in [2.05, 4.69) is 25.0 Å². The zero-order chi connectivity index (χ0) is 34.1. The molecule has 2 aromatic carbocycles. The van der Waals surface area contributed by atoms with Gasteiger partial charge in [-0.15, -0.1) is 11.3 Å². The van der Waals surface area contributed by atoms with Gasteiger partial charge in [-0.1, -0.05) is 24.3 Å². The number of rotatable bonds is 8. The van der Waals surface area contributed by atoms with Gasteiger partial charge in [-0.05, 0) is 77.3 Å². The fourth-order valence-electron chi connectivity index (χ4n) is 5.44. The first-order chi connectivity index (χ1) is 22.9. The Morgan fingerprint density at radius 1 is 1.00 bits per heavy atom. The van der Waals surface area contributed by atoms with E-state index < -0.39 is 15.6 Å². The van der Waals surface area contributed by atoms with Crippen molar-refractivity contribution in [3.05, 3.63) is 77.7 Å². The van der Waals surface area contributed by atoms with Crippen LogP contribution in [0.5, 0.6) is 11.6 Å². The van der Waals surface area contributed by atoms with Gasteiger partial charge in [0.25, 0.3) is 10.0 Å². The Labute approximate surface area is 283 Å². The maximum Gasteiger partial charge on any atom is 0.410 e. The number of benzene rings is 2. The highest BCUT2D eigenvalue weighted by atomic mass is 32.2. The topological polar surface area (TPSA) is 149 Å². The van der Waals surface area contributed by atoms with Crippen LogP contribution in [0.2, 0.25) is 0 Å². The van der Waals surface area contributed by atoms with Crippen molar-refractivity contribution in [3.8, 4) is 22.9 Å². The molecule has 0 spiro atoms. The smallest absolute Gasteiger partial charge is 0.410 e. The summed E-state index contributed by atoms with van der Waals surface area (Å²) in [6.07, 6.45) is 6.03. The summed E-state index contributed by atoms with van der Waals surface area (Å²) in [5.74, 6) is 1.30. The van der Waals surface area contributed by atoms with E-state index in [1.54, 1.807) is 48.5 Å². The first-order valence-electron chi connectivity index (χ1n) is 15.5. The zero-order valence-corrected chi connectivity index (χ0v) is 29.0. The van der Waals surface area contributed by atoms with Crippen LogP contribution in [-0.4, -0.2) is 64.1 Å². The number of aromatic nitrogens is 4. The lowest BCUT2D eigenvalue weighted by atomic mass is 10.0. The van der Waals surface area contributed by atoms with E-state index in [0.717, 1.165) is 29.7 Å². The van der Waals surface area contributed by atoms with Gasteiger partial charge in [-0.2, -0.15) is 0 Å². The van der Waals surface area contributed by atoms with Gasteiger partial charge < -0.3 is 19.7 Å². The molecule has 1 atom stereocenters. The third-order valence-electron chi connectivity index (χ3n) is 7.63. The Bertz CT molecular complexity index is 2080. The van der Waals surface area contributed by atoms with E-state index >= 15 is 0 Å². The lowest BCUT2D eigenvalue weighted by molar-refractivity contribution is 0.0206. The molecule has 1 aliphatic rings. The third-order valence-corrected chi connectivity index (χ3v) is 10.4. The van der Waals surface area contributed by atoms with Crippen molar-refractivity contribution >= 4 is 49.9 Å². The molecular formula is C34H37N7O5S2. The zero-order valence-electron chi connectivity index (χ0n) is 27.4. The van der Waals surface area contributed by atoms with Crippen LogP contribution in [0.3, 0.4) is 0 Å². The summed E-state index contributed by atoms with van der Waals surface area (Å²) >= 11 is 1.11. The maximum absolute atomic E-state index is 13.1. The molecule has 0 aliphatic carbocycles. The molecule has 12 nitrogen and oxygen atoms in total. The summed E-state index contributed by atoms with van der Waals surface area (Å²) in [7, 11) is -3.83. The van der Waals surface area contributed by atoms with Gasteiger partial charge in [0.15, 0.2) is 4.21 Å². The number of anilines is 2. The molecule has 0 saturated carbocycles. The van der Waals surface area contributed by atoms with Gasteiger partial charge in [0.05, 0.1) is 28.1 Å². The van der Waals surface area contributed by atoms with Crippen LogP contribution >= 0.6 is 11.3 Å². The van der Waals surface area contributed by atoms with Gasteiger partial charge in [-0.25, -0.2) is 33.1 Å². The Morgan fingerprint density at radius 2 is 1.83 bits per heavy atom. The number of carbonyl (C=O) groups excluding carboxylic acids is 1. The molecule has 1 amide bonds. The number of hydrogen-bond donors (Lipinski definition) is 2. The van der Waals surface area contributed by atoms with Crippen LogP contribution in [0.1, 0.15) is 44.2 Å². The molecule has 0 radical (unpaired) electrons. The van der Waals surface area contributed by atoms with Gasteiger partial charge in [0.2, 0.25) is 11.8 Å². The average molecular weight is 688 g/mol. The van der Waals surface area contributed by atoms with Crippen LogP contribution in [-0.2, 0) is 14.8 Å². The monoisotopic (exact) mass is 687 g/mol. The SMILES string of the molecule is Cc1ncc(S(=O)(=O)Nc2cccc3c(Oc4ncccc4-c4ccnc(N[C@H]5CCCN(C(=O)OC(C)(C)C)C5)n4)c(C)ccc23)s1. The van der Waals surface area contributed by atoms with E-state index in [9.17, 15) is 13.2 Å². The highest BCUT2D eigenvalue weighted by molar-refractivity contribution is 7.94. The number of sulfonamides is 1. The number of piperidine rings is 1. The van der Waals surface area contributed by atoms with Crippen molar-refractivity contribution in [1.29, 1.82) is 0 Å². The Morgan fingerprint density at radius 3 is 2.60 bits per heavy atom. The quantitative estimate of drug-likeness (QED) is 0.172. The van der Waals surface area contributed by atoms with Crippen LogP contribution in [0.4, 0.5) is 16.4 Å². The average Bonchev–Trinajstić information content (AvgIpc) is 3.49. The normalized spacial score (nSPS) is 15.3. The van der Waals surface area contributed by atoms with Crippen LogP contribution in [0, 0.1) is 13.8 Å². The summed E-state index contributed by atoms with van der Waals surface area (Å²) in [5.41, 5.74) is 1.94. The van der Waals surface area contributed by atoms with Crippen molar-refractivity contribution in [1.82, 2.24) is 24.8 Å². The number of aryl methyl sites for hydroxylation is 2. The predicted molar refractivity (Wildman–Crippen MR) is 186 cm³/mol. The summed E-state index contributed by atoms with van der Waals surface area (Å²) in [6.45, 7) is 10.4. The van der Waals surface area contributed by atoms with Crippen LogP contribution in [0.25, 0.3) is 22.0 Å². The van der Waals surface area contributed by atoms with E-state index in [0.29, 0.717) is 63.4 Å². The molecule has 1 aliphatic heterocycles. The number of ether oxygens (including phenoxy) is 2. The number of pyridine rings is 1. The lowest BCUT2D eigenvalue weighted by Gasteiger charge is -2.34. The third kappa shape index (κ3) is 7.50. The summed E-state index contributed by atoms with van der Waals surface area (Å²) < 4.78 is 41.2. The van der Waals surface area contributed by atoms with E-state index in [1.165, 1.54) is 6.20 Å².